The molecular weight excluding hydrogens is 364 g/mol. The Morgan fingerprint density at radius 2 is 1.69 bits per heavy atom. The molecule has 2 aromatic carbocycles. The normalized spacial score (nSPS) is 24.1. The van der Waals surface area contributed by atoms with Crippen molar-refractivity contribution in [3.05, 3.63) is 60.7 Å². The summed E-state index contributed by atoms with van der Waals surface area (Å²) < 4.78 is 6.00. The molecular formula is C24H26N2O3. The topological polar surface area (TPSA) is 65.8 Å². The zero-order valence-electron chi connectivity index (χ0n) is 16.4. The average molecular weight is 390 g/mol. The molecule has 1 aromatic heterocycles. The van der Waals surface area contributed by atoms with Gasteiger partial charge in [0.2, 0.25) is 0 Å². The minimum atomic E-state index is -0.813. The maximum absolute atomic E-state index is 10.6. The highest BCUT2D eigenvalue weighted by atomic mass is 16.5. The molecule has 5 nitrogen and oxygen atoms in total. The Bertz CT molecular complexity index is 999. The van der Waals surface area contributed by atoms with Crippen molar-refractivity contribution in [3.63, 3.8) is 0 Å². The van der Waals surface area contributed by atoms with Gasteiger partial charge in [-0.25, -0.2) is 4.98 Å². The first-order valence-electron chi connectivity index (χ1n) is 10.4. The number of aromatic nitrogens is 1. The molecule has 0 amide bonds. The summed E-state index contributed by atoms with van der Waals surface area (Å²) in [6, 6.07) is 20.7. The lowest BCUT2D eigenvalue weighted by atomic mass is 9.80. The van der Waals surface area contributed by atoms with Crippen molar-refractivity contribution in [1.29, 1.82) is 0 Å². The van der Waals surface area contributed by atoms with E-state index in [1.807, 2.05) is 30.3 Å². The van der Waals surface area contributed by atoms with Crippen LogP contribution in [0, 0.1) is 0 Å². The molecule has 2 N–H and O–H groups in total. The number of rotatable bonds is 2. The summed E-state index contributed by atoms with van der Waals surface area (Å²) in [7, 11) is 0. The Labute approximate surface area is 170 Å². The zero-order chi connectivity index (χ0) is 19.8. The largest absolute Gasteiger partial charge is 0.390 e. The standard InChI is InChI=1S/C24H26N2O3/c27-22-10-15-29-24(23(22)28)11-13-26(14-12-24)21-16-20(17-6-2-1-3-7-17)25-19-9-5-4-8-18(19)21/h1-9,16,22-23,27-28H,10-15H2/t22-,23-/m0/s1. The Hall–Kier alpha value is -2.47. The number of pyridine rings is 1. The number of anilines is 1. The van der Waals surface area contributed by atoms with Crippen LogP contribution in [-0.4, -0.2) is 52.7 Å². The first-order chi connectivity index (χ1) is 14.2. The Kier molecular flexibility index (Phi) is 4.74. The number of nitrogens with zero attached hydrogens (tertiary/aromatic N) is 2. The van der Waals surface area contributed by atoms with Gasteiger partial charge in [0.05, 0.1) is 29.5 Å². The third kappa shape index (κ3) is 3.29. The predicted octanol–water partition coefficient (Wildman–Crippen LogP) is 3.38. The lowest BCUT2D eigenvalue weighted by Gasteiger charge is -2.48. The number of aliphatic hydroxyl groups excluding tert-OH is 2. The number of hydrogen-bond acceptors (Lipinski definition) is 5. The number of piperidine rings is 1. The summed E-state index contributed by atoms with van der Waals surface area (Å²) in [5.74, 6) is 0. The van der Waals surface area contributed by atoms with Crippen LogP contribution in [0.3, 0.4) is 0 Å². The molecule has 2 atom stereocenters. The fraction of sp³-hybridized carbons (Fsp3) is 0.375. The smallest absolute Gasteiger partial charge is 0.109 e. The van der Waals surface area contributed by atoms with Crippen LogP contribution >= 0.6 is 0 Å². The maximum atomic E-state index is 10.6. The van der Waals surface area contributed by atoms with Gasteiger partial charge in [-0.15, -0.1) is 0 Å². The van der Waals surface area contributed by atoms with Gasteiger partial charge in [0.25, 0.3) is 0 Å². The van der Waals surface area contributed by atoms with Crippen LogP contribution in [0.25, 0.3) is 22.2 Å². The van der Waals surface area contributed by atoms with Crippen LogP contribution in [0.1, 0.15) is 19.3 Å². The van der Waals surface area contributed by atoms with Crippen LogP contribution in [-0.2, 0) is 4.74 Å². The summed E-state index contributed by atoms with van der Waals surface area (Å²) in [4.78, 5) is 7.24. The highest BCUT2D eigenvalue weighted by Gasteiger charge is 2.47. The van der Waals surface area contributed by atoms with Crippen molar-refractivity contribution >= 4 is 16.6 Å². The SMILES string of the molecule is O[C@H]1CCOC2(CCN(c3cc(-c4ccccc4)nc4ccccc34)CC2)[C@H]1O. The van der Waals surface area contributed by atoms with E-state index in [-0.39, 0.29) is 0 Å². The molecule has 5 rings (SSSR count). The van der Waals surface area contributed by atoms with Crippen LogP contribution in [0.2, 0.25) is 0 Å². The molecule has 0 radical (unpaired) electrons. The number of hydrogen-bond donors (Lipinski definition) is 2. The van der Waals surface area contributed by atoms with Crippen LogP contribution in [0.4, 0.5) is 5.69 Å². The average Bonchev–Trinajstić information content (AvgIpc) is 2.78. The molecule has 2 saturated heterocycles. The first kappa shape index (κ1) is 18.6. The highest BCUT2D eigenvalue weighted by molar-refractivity contribution is 5.94. The fourth-order valence-corrected chi connectivity index (χ4v) is 4.72. The Balaban J connectivity index is 1.49. The molecule has 0 unspecified atom stereocenters. The molecule has 0 saturated carbocycles. The van der Waals surface area contributed by atoms with Crippen molar-refractivity contribution in [1.82, 2.24) is 4.98 Å². The van der Waals surface area contributed by atoms with Crippen molar-refractivity contribution < 1.29 is 14.9 Å². The van der Waals surface area contributed by atoms with Gasteiger partial charge in [0.15, 0.2) is 0 Å². The summed E-state index contributed by atoms with van der Waals surface area (Å²) >= 11 is 0. The second-order valence-corrected chi connectivity index (χ2v) is 8.11. The number of fused-ring (bicyclic) bond motifs is 1. The third-order valence-electron chi connectivity index (χ3n) is 6.42. The van der Waals surface area contributed by atoms with E-state index in [2.05, 4.69) is 35.2 Å². The summed E-state index contributed by atoms with van der Waals surface area (Å²) in [6.45, 7) is 2.05. The number of benzene rings is 2. The van der Waals surface area contributed by atoms with Gasteiger partial charge in [0, 0.05) is 29.7 Å². The molecule has 2 fully saturated rings. The minimum Gasteiger partial charge on any atom is -0.390 e. The van der Waals surface area contributed by atoms with Crippen molar-refractivity contribution in [2.45, 2.75) is 37.1 Å². The van der Waals surface area contributed by atoms with Gasteiger partial charge in [-0.3, -0.25) is 0 Å². The van der Waals surface area contributed by atoms with Gasteiger partial charge in [-0.2, -0.15) is 0 Å². The summed E-state index contributed by atoms with van der Waals surface area (Å²) in [5.41, 5.74) is 3.58. The summed E-state index contributed by atoms with van der Waals surface area (Å²) in [6.07, 6.45) is 0.391. The Morgan fingerprint density at radius 3 is 2.48 bits per heavy atom. The lowest BCUT2D eigenvalue weighted by molar-refractivity contribution is -0.205. The molecule has 2 aliphatic rings. The van der Waals surface area contributed by atoms with E-state index in [0.717, 1.165) is 40.9 Å². The van der Waals surface area contributed by atoms with Crippen LogP contribution in [0.5, 0.6) is 0 Å². The minimum absolute atomic E-state index is 0.502. The first-order valence-corrected chi connectivity index (χ1v) is 10.4. The molecule has 3 aromatic rings. The second kappa shape index (κ2) is 7.41. The lowest BCUT2D eigenvalue weighted by Crippen LogP contribution is -2.60. The van der Waals surface area contributed by atoms with Crippen molar-refractivity contribution in [3.8, 4) is 11.3 Å². The molecule has 0 aliphatic carbocycles. The fourth-order valence-electron chi connectivity index (χ4n) is 4.72. The molecule has 150 valence electrons. The number of para-hydroxylation sites is 1. The molecule has 29 heavy (non-hydrogen) atoms. The monoisotopic (exact) mass is 390 g/mol. The third-order valence-corrected chi connectivity index (χ3v) is 6.42. The quantitative estimate of drug-likeness (QED) is 0.702. The summed E-state index contributed by atoms with van der Waals surface area (Å²) in [5, 5.41) is 21.8. The second-order valence-electron chi connectivity index (χ2n) is 8.11. The van der Waals surface area contributed by atoms with Crippen molar-refractivity contribution in [2.24, 2.45) is 0 Å². The molecule has 1 spiro atoms. The van der Waals surface area contributed by atoms with E-state index in [0.29, 0.717) is 25.9 Å². The van der Waals surface area contributed by atoms with Crippen LogP contribution in [0.15, 0.2) is 60.7 Å². The maximum Gasteiger partial charge on any atom is 0.109 e. The molecule has 5 heteroatoms. The van der Waals surface area contributed by atoms with Gasteiger partial charge >= 0.3 is 0 Å². The highest BCUT2D eigenvalue weighted by Crippen LogP contribution is 2.39. The van der Waals surface area contributed by atoms with Crippen LogP contribution < -0.4 is 4.90 Å². The molecule has 2 aliphatic heterocycles. The van der Waals surface area contributed by atoms with Gasteiger partial charge in [-0.1, -0.05) is 48.5 Å². The molecule has 3 heterocycles. The van der Waals surface area contributed by atoms with Crippen molar-refractivity contribution in [2.75, 3.05) is 24.6 Å². The number of ether oxygens (including phenoxy) is 1. The van der Waals surface area contributed by atoms with E-state index in [9.17, 15) is 10.2 Å². The van der Waals surface area contributed by atoms with Gasteiger partial charge < -0.3 is 19.8 Å². The number of aliphatic hydroxyl groups is 2. The molecule has 0 bridgehead atoms. The van der Waals surface area contributed by atoms with E-state index in [4.69, 9.17) is 9.72 Å². The predicted molar refractivity (Wildman–Crippen MR) is 114 cm³/mol. The van der Waals surface area contributed by atoms with Gasteiger partial charge in [0.1, 0.15) is 6.10 Å². The Morgan fingerprint density at radius 1 is 0.966 bits per heavy atom. The van der Waals surface area contributed by atoms with E-state index >= 15 is 0 Å². The van der Waals surface area contributed by atoms with E-state index in [1.165, 1.54) is 0 Å². The van der Waals surface area contributed by atoms with Gasteiger partial charge in [-0.05, 0) is 31.4 Å². The zero-order valence-corrected chi connectivity index (χ0v) is 16.4. The van der Waals surface area contributed by atoms with E-state index < -0.39 is 17.8 Å². The van der Waals surface area contributed by atoms with E-state index in [1.54, 1.807) is 0 Å².